The topological polar surface area (TPSA) is 79.8 Å². The summed E-state index contributed by atoms with van der Waals surface area (Å²) in [6.45, 7) is 6.39. The molecule has 3 N–H and O–H groups in total. The number of ether oxygens (including phenoxy) is 2. The summed E-state index contributed by atoms with van der Waals surface area (Å²) >= 11 is 0. The highest BCUT2D eigenvalue weighted by Gasteiger charge is 2.43. The molecule has 0 amide bonds. The molecule has 1 saturated carbocycles. The maximum atomic E-state index is 13.5. The Labute approximate surface area is 211 Å². The molecule has 4 rings (SSSR count). The molecule has 0 spiro atoms. The predicted octanol–water partition coefficient (Wildman–Crippen LogP) is 7.74. The quantitative estimate of drug-likeness (QED) is 0.308. The normalized spacial score (nSPS) is 18.6. The Morgan fingerprint density at radius 1 is 1.06 bits per heavy atom. The second kappa shape index (κ2) is 10.9. The summed E-state index contributed by atoms with van der Waals surface area (Å²) in [6.07, 6.45) is 3.70. The lowest BCUT2D eigenvalue weighted by atomic mass is 9.79. The van der Waals surface area contributed by atoms with Crippen LogP contribution in [0.2, 0.25) is 0 Å². The van der Waals surface area contributed by atoms with Crippen molar-refractivity contribution in [3.63, 3.8) is 0 Å². The molecule has 6 nitrogen and oxygen atoms in total. The van der Waals surface area contributed by atoms with Crippen LogP contribution in [0.3, 0.4) is 0 Å². The number of carbonyl (C=O) groups is 1. The Kier molecular flexibility index (Phi) is 7.91. The zero-order chi connectivity index (χ0) is 25.9. The second-order valence-corrected chi connectivity index (χ2v) is 10.3. The summed E-state index contributed by atoms with van der Waals surface area (Å²) in [4.78, 5) is 12.0. The monoisotopic (exact) mass is 502 g/mol. The van der Waals surface area contributed by atoms with Gasteiger partial charge in [-0.1, -0.05) is 52.5 Å². The molecule has 36 heavy (non-hydrogen) atoms. The van der Waals surface area contributed by atoms with E-state index in [0.717, 1.165) is 12.1 Å². The number of benzene rings is 2. The molecule has 1 heterocycles. The molecular weight excluding hydrogens is 466 g/mol. The molecule has 1 aliphatic heterocycles. The number of halogens is 2. The lowest BCUT2D eigenvalue weighted by Crippen LogP contribution is -2.35. The highest BCUT2D eigenvalue weighted by Crippen LogP contribution is 2.43. The van der Waals surface area contributed by atoms with Crippen molar-refractivity contribution in [2.45, 2.75) is 84.0 Å². The van der Waals surface area contributed by atoms with Gasteiger partial charge in [-0.15, -0.1) is 8.78 Å². The van der Waals surface area contributed by atoms with Crippen LogP contribution >= 0.6 is 0 Å². The van der Waals surface area contributed by atoms with E-state index in [1.54, 1.807) is 6.07 Å². The molecule has 196 valence electrons. The van der Waals surface area contributed by atoms with E-state index in [-0.39, 0.29) is 17.5 Å². The van der Waals surface area contributed by atoms with Crippen LogP contribution in [0.25, 0.3) is 0 Å². The number of carboxylic acids is 1. The summed E-state index contributed by atoms with van der Waals surface area (Å²) in [7, 11) is 0. The molecule has 0 radical (unpaired) electrons. The summed E-state index contributed by atoms with van der Waals surface area (Å²) in [5.41, 5.74) is 2.79. The van der Waals surface area contributed by atoms with Gasteiger partial charge in [0, 0.05) is 17.8 Å². The van der Waals surface area contributed by atoms with Crippen molar-refractivity contribution >= 4 is 23.0 Å². The Balaban J connectivity index is 1.67. The minimum absolute atomic E-state index is 0.0243. The maximum absolute atomic E-state index is 13.5. The van der Waals surface area contributed by atoms with Crippen LogP contribution in [-0.4, -0.2) is 23.4 Å². The predicted molar refractivity (Wildman–Crippen MR) is 136 cm³/mol. The van der Waals surface area contributed by atoms with E-state index in [4.69, 9.17) is 0 Å². The average Bonchev–Trinajstić information content (AvgIpc) is 3.15. The van der Waals surface area contributed by atoms with Crippen molar-refractivity contribution in [3.8, 4) is 11.5 Å². The Hall–Kier alpha value is -3.03. The van der Waals surface area contributed by atoms with Crippen molar-refractivity contribution in [1.29, 1.82) is 0 Å². The summed E-state index contributed by atoms with van der Waals surface area (Å²) < 4.78 is 36.2. The highest BCUT2D eigenvalue weighted by atomic mass is 19.3. The maximum Gasteiger partial charge on any atom is 0.586 e. The number of anilines is 3. The van der Waals surface area contributed by atoms with Crippen LogP contribution in [0.5, 0.6) is 11.5 Å². The Bertz CT molecular complexity index is 1070. The molecule has 0 aromatic heterocycles. The van der Waals surface area contributed by atoms with Crippen molar-refractivity contribution in [1.82, 2.24) is 0 Å². The third-order valence-corrected chi connectivity index (χ3v) is 7.20. The van der Waals surface area contributed by atoms with Crippen molar-refractivity contribution in [3.05, 3.63) is 42.0 Å². The zero-order valence-electron chi connectivity index (χ0n) is 21.2. The number of hydrogen-bond acceptors (Lipinski definition) is 5. The zero-order valence-corrected chi connectivity index (χ0v) is 21.2. The summed E-state index contributed by atoms with van der Waals surface area (Å²) in [6, 6.07) is 10.5. The van der Waals surface area contributed by atoms with Gasteiger partial charge < -0.3 is 25.2 Å². The van der Waals surface area contributed by atoms with Gasteiger partial charge in [0.1, 0.15) is 0 Å². The lowest BCUT2D eigenvalue weighted by Gasteiger charge is -2.35. The van der Waals surface area contributed by atoms with Crippen molar-refractivity contribution in [2.75, 3.05) is 10.6 Å². The first-order chi connectivity index (χ1) is 17.2. The number of nitrogens with one attached hydrogen (secondary N) is 2. The standard InChI is InChI=1S/C28H36F2N2O4/c1-4-8-21(27(33)34)19-11-13-22(32-26(17(2)3)18-9-6-5-7-10-18)23(15-19)31-20-12-14-24-25(16-20)36-28(29,30)35-24/h11-18,21,26,31-32H,4-10H2,1-3H3,(H,33,34). The van der Waals surface area contributed by atoms with E-state index < -0.39 is 18.2 Å². The lowest BCUT2D eigenvalue weighted by molar-refractivity contribution is -0.286. The number of alkyl halides is 2. The number of aliphatic carboxylic acids is 1. The van der Waals surface area contributed by atoms with Gasteiger partial charge in [-0.3, -0.25) is 4.79 Å². The fraction of sp³-hybridized carbons (Fsp3) is 0.536. The van der Waals surface area contributed by atoms with Gasteiger partial charge in [-0.05, 0) is 60.9 Å². The number of carboxylic acid groups (broad SMARTS) is 1. The fourth-order valence-corrected chi connectivity index (χ4v) is 5.41. The van der Waals surface area contributed by atoms with Gasteiger partial charge >= 0.3 is 12.3 Å². The Morgan fingerprint density at radius 3 is 2.44 bits per heavy atom. The molecule has 2 aromatic carbocycles. The minimum atomic E-state index is -3.69. The van der Waals surface area contributed by atoms with E-state index in [1.165, 1.54) is 44.2 Å². The van der Waals surface area contributed by atoms with E-state index in [9.17, 15) is 18.7 Å². The molecule has 2 aliphatic rings. The smallest absolute Gasteiger partial charge is 0.481 e. The molecule has 0 bridgehead atoms. The van der Waals surface area contributed by atoms with E-state index in [0.29, 0.717) is 35.2 Å². The van der Waals surface area contributed by atoms with Gasteiger partial charge in [0.2, 0.25) is 0 Å². The first-order valence-electron chi connectivity index (χ1n) is 13.0. The number of rotatable bonds is 10. The summed E-state index contributed by atoms with van der Waals surface area (Å²) in [5.74, 6) is -0.599. The van der Waals surface area contributed by atoms with Crippen LogP contribution in [0.15, 0.2) is 36.4 Å². The van der Waals surface area contributed by atoms with Crippen LogP contribution in [0.1, 0.15) is 77.2 Å². The van der Waals surface area contributed by atoms with Crippen LogP contribution in [-0.2, 0) is 4.79 Å². The van der Waals surface area contributed by atoms with Crippen LogP contribution in [0.4, 0.5) is 25.8 Å². The van der Waals surface area contributed by atoms with Crippen molar-refractivity contribution < 1.29 is 28.2 Å². The molecular formula is C28H36F2N2O4. The molecule has 8 heteroatoms. The van der Waals surface area contributed by atoms with E-state index in [1.807, 2.05) is 25.1 Å². The molecule has 2 atom stereocenters. The van der Waals surface area contributed by atoms with Crippen molar-refractivity contribution in [2.24, 2.45) is 11.8 Å². The molecule has 0 saturated heterocycles. The van der Waals surface area contributed by atoms with E-state index in [2.05, 4.69) is 34.0 Å². The largest absolute Gasteiger partial charge is 0.586 e. The SMILES string of the molecule is CCCC(C(=O)O)c1ccc(NC(C(C)C)C2CCCCC2)c(Nc2ccc3c(c2)OC(F)(F)O3)c1. The highest BCUT2D eigenvalue weighted by molar-refractivity contribution is 5.81. The van der Waals surface area contributed by atoms with E-state index >= 15 is 0 Å². The summed E-state index contributed by atoms with van der Waals surface area (Å²) in [5, 5.41) is 16.9. The second-order valence-electron chi connectivity index (χ2n) is 10.3. The van der Waals surface area contributed by atoms with Gasteiger partial charge in [-0.25, -0.2) is 0 Å². The molecule has 2 unspecified atom stereocenters. The van der Waals surface area contributed by atoms with Gasteiger partial charge in [0.15, 0.2) is 11.5 Å². The number of fused-ring (bicyclic) bond motifs is 1. The fourth-order valence-electron chi connectivity index (χ4n) is 5.41. The first-order valence-corrected chi connectivity index (χ1v) is 13.0. The van der Waals surface area contributed by atoms with Gasteiger partial charge in [0.25, 0.3) is 0 Å². The number of hydrogen-bond donors (Lipinski definition) is 3. The molecule has 1 aliphatic carbocycles. The first kappa shape index (κ1) is 26.0. The molecule has 2 aromatic rings. The van der Waals surface area contributed by atoms with Crippen LogP contribution < -0.4 is 20.1 Å². The molecule has 1 fully saturated rings. The minimum Gasteiger partial charge on any atom is -0.481 e. The average molecular weight is 503 g/mol. The van der Waals surface area contributed by atoms with Gasteiger partial charge in [0.05, 0.1) is 17.3 Å². The van der Waals surface area contributed by atoms with Crippen LogP contribution in [0, 0.1) is 11.8 Å². The van der Waals surface area contributed by atoms with Gasteiger partial charge in [-0.2, -0.15) is 0 Å². The third kappa shape index (κ3) is 6.02. The third-order valence-electron chi connectivity index (χ3n) is 7.20. The Morgan fingerprint density at radius 2 is 1.78 bits per heavy atom.